The molecule has 2 aliphatic carbocycles. The van der Waals surface area contributed by atoms with Gasteiger partial charge >= 0.3 is 0 Å². The maximum atomic E-state index is 2.56. The van der Waals surface area contributed by atoms with Gasteiger partial charge in [0.2, 0.25) is 0 Å². The van der Waals surface area contributed by atoms with Crippen molar-refractivity contribution in [1.29, 1.82) is 0 Å². The molecule has 0 heteroatoms. The first kappa shape index (κ1) is 10.3. The lowest BCUT2D eigenvalue weighted by Crippen LogP contribution is -2.16. The van der Waals surface area contributed by atoms with Crippen LogP contribution in [0.25, 0.3) is 0 Å². The van der Waals surface area contributed by atoms with Gasteiger partial charge in [0.05, 0.1) is 0 Å². The van der Waals surface area contributed by atoms with Crippen molar-refractivity contribution < 1.29 is 0 Å². The molecule has 0 spiro atoms. The van der Waals surface area contributed by atoms with Crippen LogP contribution in [-0.2, 0) is 0 Å². The molecule has 0 N–H and O–H groups in total. The van der Waals surface area contributed by atoms with E-state index in [0.717, 1.165) is 17.8 Å². The minimum atomic E-state index is 0.946. The summed E-state index contributed by atoms with van der Waals surface area (Å²) in [5.74, 6) is 2.91. The summed E-state index contributed by atoms with van der Waals surface area (Å²) < 4.78 is 0. The van der Waals surface area contributed by atoms with E-state index in [-0.39, 0.29) is 0 Å². The second-order valence-electron chi connectivity index (χ2n) is 5.62. The van der Waals surface area contributed by atoms with Gasteiger partial charge in [-0.1, -0.05) is 38.3 Å². The molecule has 80 valence electrons. The van der Waals surface area contributed by atoms with Gasteiger partial charge in [-0.2, -0.15) is 0 Å². The Morgan fingerprint density at radius 3 is 2.21 bits per heavy atom. The molecule has 2 rings (SSSR count). The zero-order valence-electron chi connectivity index (χ0n) is 9.76. The molecule has 0 aromatic rings. The second-order valence-corrected chi connectivity index (χ2v) is 5.62. The van der Waals surface area contributed by atoms with Gasteiger partial charge < -0.3 is 0 Å². The van der Waals surface area contributed by atoms with E-state index < -0.39 is 0 Å². The summed E-state index contributed by atoms with van der Waals surface area (Å²) in [5, 5.41) is 0. The number of hydrogen-bond acceptors (Lipinski definition) is 0. The molecule has 0 nitrogen and oxygen atoms in total. The number of allylic oxidation sites excluding steroid dienone is 2. The van der Waals surface area contributed by atoms with E-state index in [0.29, 0.717) is 0 Å². The summed E-state index contributed by atoms with van der Waals surface area (Å²) >= 11 is 0. The lowest BCUT2D eigenvalue weighted by Gasteiger charge is -2.31. The number of hydrogen-bond donors (Lipinski definition) is 0. The highest BCUT2D eigenvalue weighted by Crippen LogP contribution is 2.37. The van der Waals surface area contributed by atoms with E-state index in [1.165, 1.54) is 44.9 Å². The predicted octanol–water partition coefficient (Wildman–Crippen LogP) is 4.56. The van der Waals surface area contributed by atoms with Gasteiger partial charge in [0.15, 0.2) is 0 Å². The molecule has 1 saturated carbocycles. The van der Waals surface area contributed by atoms with E-state index in [2.05, 4.69) is 19.9 Å². The molecule has 0 bridgehead atoms. The monoisotopic (exact) mass is 192 g/mol. The Labute approximate surface area is 88.8 Å². The Morgan fingerprint density at radius 1 is 0.929 bits per heavy atom. The van der Waals surface area contributed by atoms with Crippen molar-refractivity contribution in [3.8, 4) is 0 Å². The minimum Gasteiger partial charge on any atom is -0.0848 e. The smallest absolute Gasteiger partial charge is 0.0203 e. The fraction of sp³-hybridized carbons (Fsp3) is 0.857. The minimum absolute atomic E-state index is 0.946. The van der Waals surface area contributed by atoms with Crippen LogP contribution in [0.1, 0.15) is 58.8 Å². The van der Waals surface area contributed by atoms with Crippen molar-refractivity contribution in [2.45, 2.75) is 58.8 Å². The van der Waals surface area contributed by atoms with Crippen molar-refractivity contribution in [2.75, 3.05) is 0 Å². The first-order valence-corrected chi connectivity index (χ1v) is 6.44. The fourth-order valence-electron chi connectivity index (χ4n) is 2.99. The van der Waals surface area contributed by atoms with Crippen LogP contribution in [-0.4, -0.2) is 0 Å². The third-order valence-corrected chi connectivity index (χ3v) is 4.25. The maximum Gasteiger partial charge on any atom is -0.0203 e. The van der Waals surface area contributed by atoms with Gasteiger partial charge in [0, 0.05) is 0 Å². The normalized spacial score (nSPS) is 39.3. The van der Waals surface area contributed by atoms with E-state index in [9.17, 15) is 0 Å². The van der Waals surface area contributed by atoms with Gasteiger partial charge in [-0.15, -0.1) is 0 Å². The molecule has 0 saturated heterocycles. The lowest BCUT2D eigenvalue weighted by molar-refractivity contribution is 0.308. The number of rotatable bonds is 1. The average Bonchev–Trinajstić information content (AvgIpc) is 2.21. The Morgan fingerprint density at radius 2 is 1.64 bits per heavy atom. The molecule has 14 heavy (non-hydrogen) atoms. The molecule has 0 aromatic heterocycles. The third kappa shape index (κ3) is 2.40. The van der Waals surface area contributed by atoms with Gasteiger partial charge in [0.25, 0.3) is 0 Å². The van der Waals surface area contributed by atoms with Crippen LogP contribution in [0.3, 0.4) is 0 Å². The van der Waals surface area contributed by atoms with Crippen LogP contribution in [0, 0.1) is 17.8 Å². The van der Waals surface area contributed by atoms with Crippen molar-refractivity contribution >= 4 is 0 Å². The SMILES string of the molecule is CC1CCC(C2=CC[C@@H](C)CC2)CC1. The van der Waals surface area contributed by atoms with E-state index in [4.69, 9.17) is 0 Å². The van der Waals surface area contributed by atoms with Gasteiger partial charge in [-0.3, -0.25) is 0 Å². The molecule has 0 unspecified atom stereocenters. The molecule has 0 heterocycles. The Kier molecular flexibility index (Phi) is 3.30. The van der Waals surface area contributed by atoms with E-state index >= 15 is 0 Å². The summed E-state index contributed by atoms with van der Waals surface area (Å²) in [4.78, 5) is 0. The van der Waals surface area contributed by atoms with Crippen molar-refractivity contribution in [2.24, 2.45) is 17.8 Å². The molecule has 0 aromatic carbocycles. The molecular weight excluding hydrogens is 168 g/mol. The average molecular weight is 192 g/mol. The zero-order valence-corrected chi connectivity index (χ0v) is 9.76. The quantitative estimate of drug-likeness (QED) is 0.534. The van der Waals surface area contributed by atoms with Crippen LogP contribution < -0.4 is 0 Å². The highest BCUT2D eigenvalue weighted by atomic mass is 14.3. The Hall–Kier alpha value is -0.260. The van der Waals surface area contributed by atoms with Crippen LogP contribution in [0.15, 0.2) is 11.6 Å². The van der Waals surface area contributed by atoms with Crippen LogP contribution in [0.2, 0.25) is 0 Å². The zero-order chi connectivity index (χ0) is 9.97. The first-order chi connectivity index (χ1) is 6.75. The Balaban J connectivity index is 1.89. The second kappa shape index (κ2) is 4.51. The molecule has 0 radical (unpaired) electrons. The highest BCUT2D eigenvalue weighted by Gasteiger charge is 2.23. The summed E-state index contributed by atoms with van der Waals surface area (Å²) in [6.07, 6.45) is 12.6. The predicted molar refractivity (Wildman–Crippen MR) is 62.2 cm³/mol. The van der Waals surface area contributed by atoms with E-state index in [1.54, 1.807) is 0 Å². The van der Waals surface area contributed by atoms with E-state index in [1.807, 2.05) is 5.57 Å². The standard InChI is InChI=1S/C14H24/c1-11-3-7-13(8-4-11)14-9-5-12(2)6-10-14/h7,11-12,14H,3-6,8-10H2,1-2H3/t11-,12?,14?/m1/s1. The molecule has 1 atom stereocenters. The fourth-order valence-corrected chi connectivity index (χ4v) is 2.99. The first-order valence-electron chi connectivity index (χ1n) is 6.44. The summed E-state index contributed by atoms with van der Waals surface area (Å²) in [6, 6.07) is 0. The summed E-state index contributed by atoms with van der Waals surface area (Å²) in [6.45, 7) is 4.80. The van der Waals surface area contributed by atoms with Gasteiger partial charge in [-0.05, 0) is 49.9 Å². The van der Waals surface area contributed by atoms with Gasteiger partial charge in [-0.25, -0.2) is 0 Å². The summed E-state index contributed by atoms with van der Waals surface area (Å²) in [7, 11) is 0. The maximum absolute atomic E-state index is 2.56. The van der Waals surface area contributed by atoms with Crippen LogP contribution >= 0.6 is 0 Å². The molecule has 2 aliphatic rings. The Bertz CT molecular complexity index is 206. The van der Waals surface area contributed by atoms with Crippen molar-refractivity contribution in [3.05, 3.63) is 11.6 Å². The van der Waals surface area contributed by atoms with Crippen molar-refractivity contribution in [1.82, 2.24) is 0 Å². The molecular formula is C14H24. The van der Waals surface area contributed by atoms with Crippen LogP contribution in [0.4, 0.5) is 0 Å². The molecule has 0 aliphatic heterocycles. The highest BCUT2D eigenvalue weighted by molar-refractivity contribution is 5.11. The molecule has 0 amide bonds. The van der Waals surface area contributed by atoms with Crippen LogP contribution in [0.5, 0.6) is 0 Å². The van der Waals surface area contributed by atoms with Crippen molar-refractivity contribution in [3.63, 3.8) is 0 Å². The summed E-state index contributed by atoms with van der Waals surface area (Å²) in [5.41, 5.74) is 1.81. The topological polar surface area (TPSA) is 0 Å². The largest absolute Gasteiger partial charge is 0.0848 e. The molecule has 1 fully saturated rings. The third-order valence-electron chi connectivity index (χ3n) is 4.25. The van der Waals surface area contributed by atoms with Gasteiger partial charge in [0.1, 0.15) is 0 Å². The lowest BCUT2D eigenvalue weighted by atomic mass is 9.75.